The number of fused-ring (bicyclic) bond motifs is 1. The van der Waals surface area contributed by atoms with Crippen molar-refractivity contribution in [2.75, 3.05) is 30.7 Å². The molecule has 43 heavy (non-hydrogen) atoms. The predicted molar refractivity (Wildman–Crippen MR) is 156 cm³/mol. The average Bonchev–Trinajstić information content (AvgIpc) is 3.41. The predicted octanol–water partition coefficient (Wildman–Crippen LogP) is 2.67. The van der Waals surface area contributed by atoms with Crippen LogP contribution < -0.4 is 16.8 Å². The molecule has 2 aromatic heterocycles. The van der Waals surface area contributed by atoms with E-state index in [0.29, 0.717) is 11.2 Å². The van der Waals surface area contributed by atoms with Crippen molar-refractivity contribution in [2.24, 2.45) is 10.7 Å². The van der Waals surface area contributed by atoms with Crippen LogP contribution in [0.5, 0.6) is 0 Å². The normalized spacial score (nSPS) is 11.1. The fraction of sp³-hybridized carbons (Fsp3) is 0.250. The first-order chi connectivity index (χ1) is 20.8. The van der Waals surface area contributed by atoms with Gasteiger partial charge in [-0.15, -0.1) is 4.99 Å². The summed E-state index contributed by atoms with van der Waals surface area (Å²) in [7, 11) is 0. The van der Waals surface area contributed by atoms with Crippen molar-refractivity contribution in [3.8, 4) is 0 Å². The number of aliphatic imine (C=N–C) groups is 1. The first kappa shape index (κ1) is 30.2. The summed E-state index contributed by atoms with van der Waals surface area (Å²) in [6.45, 7) is 1.72. The molecule has 0 bridgehead atoms. The SMILES string of the molecule is CCOC(=O)Cn1cnc2c(N)nc(NCCN(C(=O)OCc3ccccc3)C(N)=NC(=O)OCc3ccccc3)nc21. The molecule has 5 N–H and O–H groups in total. The zero-order valence-electron chi connectivity index (χ0n) is 23.4. The number of hydrogen-bond donors (Lipinski definition) is 3. The number of hydrogen-bond acceptors (Lipinski definition) is 11. The van der Waals surface area contributed by atoms with Gasteiger partial charge in [-0.2, -0.15) is 9.97 Å². The van der Waals surface area contributed by atoms with Crippen molar-refractivity contribution in [1.82, 2.24) is 24.4 Å². The summed E-state index contributed by atoms with van der Waals surface area (Å²) < 4.78 is 17.0. The highest BCUT2D eigenvalue weighted by Gasteiger charge is 2.21. The highest BCUT2D eigenvalue weighted by Crippen LogP contribution is 2.18. The van der Waals surface area contributed by atoms with Crippen LogP contribution in [0.4, 0.5) is 21.4 Å². The Morgan fingerprint density at radius 2 is 1.60 bits per heavy atom. The first-order valence-corrected chi connectivity index (χ1v) is 13.2. The largest absolute Gasteiger partial charge is 0.465 e. The molecule has 15 heteroatoms. The number of rotatable bonds is 11. The molecular weight excluding hydrogens is 558 g/mol. The number of benzene rings is 2. The number of nitrogens with zero attached hydrogens (tertiary/aromatic N) is 6. The minimum absolute atomic E-state index is 0.0234. The number of carbonyl (C=O) groups excluding carboxylic acids is 3. The second-order valence-corrected chi connectivity index (χ2v) is 8.91. The van der Waals surface area contributed by atoms with E-state index >= 15 is 0 Å². The molecule has 224 valence electrons. The molecule has 0 saturated carbocycles. The zero-order chi connectivity index (χ0) is 30.6. The molecule has 15 nitrogen and oxygen atoms in total. The lowest BCUT2D eigenvalue weighted by molar-refractivity contribution is -0.143. The van der Waals surface area contributed by atoms with Crippen LogP contribution in [0.3, 0.4) is 0 Å². The van der Waals surface area contributed by atoms with E-state index in [4.69, 9.17) is 25.7 Å². The molecule has 4 rings (SSSR count). The Hall–Kier alpha value is -5.73. The quantitative estimate of drug-likeness (QED) is 0.100. The van der Waals surface area contributed by atoms with Crippen LogP contribution in [0.2, 0.25) is 0 Å². The Balaban J connectivity index is 1.45. The number of guanidine groups is 1. The fourth-order valence-corrected chi connectivity index (χ4v) is 3.79. The van der Waals surface area contributed by atoms with Crippen LogP contribution in [0.25, 0.3) is 11.2 Å². The molecule has 2 amide bonds. The van der Waals surface area contributed by atoms with Crippen LogP contribution >= 0.6 is 0 Å². The van der Waals surface area contributed by atoms with Gasteiger partial charge in [0.25, 0.3) is 0 Å². The van der Waals surface area contributed by atoms with E-state index in [-0.39, 0.29) is 51.2 Å². The lowest BCUT2D eigenvalue weighted by atomic mass is 10.2. The van der Waals surface area contributed by atoms with Gasteiger partial charge in [0.15, 0.2) is 11.5 Å². The summed E-state index contributed by atoms with van der Waals surface area (Å²) in [5.74, 6) is -0.709. The second kappa shape index (κ2) is 14.8. The van der Waals surface area contributed by atoms with E-state index < -0.39 is 24.1 Å². The van der Waals surface area contributed by atoms with E-state index in [9.17, 15) is 14.4 Å². The molecule has 0 unspecified atom stereocenters. The summed E-state index contributed by atoms with van der Waals surface area (Å²) in [5, 5.41) is 2.95. The average molecular weight is 590 g/mol. The first-order valence-electron chi connectivity index (χ1n) is 13.2. The standard InChI is InChI=1S/C28H31N9O6/c1-2-41-21(38)15-36-18-32-22-23(29)33-26(34-24(22)36)31-13-14-37(28(40)43-17-20-11-7-4-8-12-20)25(30)35-27(39)42-16-19-9-5-3-6-10-19/h3-12,18H,2,13-17H2,1H3,(H2,30,35,39)(H3,29,31,33,34). The molecule has 2 aromatic carbocycles. The summed E-state index contributed by atoms with van der Waals surface area (Å²) in [5.41, 5.74) is 14.2. The minimum atomic E-state index is -0.980. The number of nitrogens with one attached hydrogen (secondary N) is 1. The van der Waals surface area contributed by atoms with Crippen molar-refractivity contribution >= 4 is 47.0 Å². The van der Waals surface area contributed by atoms with Gasteiger partial charge in [0.1, 0.15) is 25.3 Å². The van der Waals surface area contributed by atoms with E-state index in [1.54, 1.807) is 31.2 Å². The Bertz CT molecular complexity index is 1580. The molecule has 0 saturated heterocycles. The van der Waals surface area contributed by atoms with Crippen molar-refractivity contribution in [2.45, 2.75) is 26.7 Å². The summed E-state index contributed by atoms with van der Waals surface area (Å²) in [6.07, 6.45) is -0.410. The second-order valence-electron chi connectivity index (χ2n) is 8.91. The van der Waals surface area contributed by atoms with Crippen LogP contribution in [0, 0.1) is 0 Å². The molecule has 0 atom stereocenters. The van der Waals surface area contributed by atoms with E-state index in [0.717, 1.165) is 16.0 Å². The number of esters is 1. The Kier molecular flexibility index (Phi) is 10.4. The van der Waals surface area contributed by atoms with Gasteiger partial charge in [-0.1, -0.05) is 60.7 Å². The van der Waals surface area contributed by atoms with Gasteiger partial charge in [-0.05, 0) is 18.1 Å². The number of amides is 2. The Morgan fingerprint density at radius 3 is 2.26 bits per heavy atom. The van der Waals surface area contributed by atoms with Gasteiger partial charge in [0.05, 0.1) is 12.9 Å². The van der Waals surface area contributed by atoms with Gasteiger partial charge >= 0.3 is 18.2 Å². The smallest absolute Gasteiger partial charge is 0.437 e. The van der Waals surface area contributed by atoms with Crippen LogP contribution in [0.1, 0.15) is 18.1 Å². The van der Waals surface area contributed by atoms with Crippen molar-refractivity contribution in [3.05, 3.63) is 78.1 Å². The van der Waals surface area contributed by atoms with Crippen molar-refractivity contribution < 1.29 is 28.6 Å². The van der Waals surface area contributed by atoms with Gasteiger partial charge in [0, 0.05) is 13.1 Å². The molecule has 0 radical (unpaired) electrons. The highest BCUT2D eigenvalue weighted by molar-refractivity contribution is 5.98. The van der Waals surface area contributed by atoms with E-state index in [1.165, 1.54) is 10.9 Å². The molecule has 2 heterocycles. The maximum absolute atomic E-state index is 13.0. The number of ether oxygens (including phenoxy) is 3. The number of carbonyl (C=O) groups is 3. The van der Waals surface area contributed by atoms with E-state index in [1.807, 2.05) is 36.4 Å². The molecule has 0 fully saturated rings. The number of anilines is 2. The van der Waals surface area contributed by atoms with Gasteiger partial charge in [-0.3, -0.25) is 4.79 Å². The third-order valence-corrected chi connectivity index (χ3v) is 5.83. The number of nitrogens with two attached hydrogens (primary N) is 2. The third-order valence-electron chi connectivity index (χ3n) is 5.83. The lowest BCUT2D eigenvalue weighted by Gasteiger charge is -2.21. The van der Waals surface area contributed by atoms with Crippen molar-refractivity contribution in [1.29, 1.82) is 0 Å². The lowest BCUT2D eigenvalue weighted by Crippen LogP contribution is -2.45. The Morgan fingerprint density at radius 1 is 0.953 bits per heavy atom. The highest BCUT2D eigenvalue weighted by atomic mass is 16.6. The van der Waals surface area contributed by atoms with Crippen LogP contribution in [-0.4, -0.2) is 68.2 Å². The van der Waals surface area contributed by atoms with E-state index in [2.05, 4.69) is 25.3 Å². The molecule has 0 aliphatic rings. The maximum Gasteiger partial charge on any atom is 0.437 e. The molecule has 0 spiro atoms. The Labute approximate surface area is 246 Å². The van der Waals surface area contributed by atoms with Crippen molar-refractivity contribution in [3.63, 3.8) is 0 Å². The van der Waals surface area contributed by atoms with Crippen LogP contribution in [-0.2, 0) is 38.8 Å². The maximum atomic E-state index is 13.0. The topological polar surface area (TPSA) is 202 Å². The summed E-state index contributed by atoms with van der Waals surface area (Å²) in [6, 6.07) is 18.1. The minimum Gasteiger partial charge on any atom is -0.465 e. The molecular formula is C28H31N9O6. The van der Waals surface area contributed by atoms with Crippen LogP contribution in [0.15, 0.2) is 72.0 Å². The molecule has 0 aliphatic carbocycles. The number of aromatic nitrogens is 4. The van der Waals surface area contributed by atoms with Gasteiger partial charge in [-0.25, -0.2) is 19.5 Å². The summed E-state index contributed by atoms with van der Waals surface area (Å²) >= 11 is 0. The summed E-state index contributed by atoms with van der Waals surface area (Å²) in [4.78, 5) is 54.8. The number of imidazole rings is 1. The van der Waals surface area contributed by atoms with Gasteiger partial charge < -0.3 is 35.6 Å². The monoisotopic (exact) mass is 589 g/mol. The molecule has 0 aliphatic heterocycles. The zero-order valence-corrected chi connectivity index (χ0v) is 23.4. The third kappa shape index (κ3) is 8.63. The molecule has 4 aromatic rings. The van der Waals surface area contributed by atoms with Gasteiger partial charge in [0.2, 0.25) is 11.9 Å². The fourth-order valence-electron chi connectivity index (χ4n) is 3.79. The number of nitrogen functional groups attached to an aromatic ring is 1.